The molecule has 2 aromatic heterocycles. The average molecular weight is 365 g/mol. The molecule has 3 aromatic rings. The fourth-order valence-corrected chi connectivity index (χ4v) is 3.60. The van der Waals surface area contributed by atoms with Gasteiger partial charge >= 0.3 is 0 Å². The topological polar surface area (TPSA) is 104 Å². The van der Waals surface area contributed by atoms with Gasteiger partial charge in [0, 0.05) is 22.5 Å². The molecule has 1 atom stereocenters. The number of halogens is 1. The Hall–Kier alpha value is -1.93. The predicted octanol–water partition coefficient (Wildman–Crippen LogP) is 2.51. The van der Waals surface area contributed by atoms with Crippen LogP contribution in [0.5, 0.6) is 0 Å². The largest absolute Gasteiger partial charge is 0.391 e. The number of aryl methyl sites for hydroxylation is 1. The van der Waals surface area contributed by atoms with E-state index in [1.807, 2.05) is 13.0 Å². The lowest BCUT2D eigenvalue weighted by Gasteiger charge is -2.13. The van der Waals surface area contributed by atoms with E-state index >= 15 is 0 Å². The number of carbonyl (C=O) groups excluding carboxylic acids is 1. The van der Waals surface area contributed by atoms with Crippen molar-refractivity contribution in [2.45, 2.75) is 19.6 Å². The molecule has 0 spiro atoms. The van der Waals surface area contributed by atoms with Gasteiger partial charge in [-0.2, -0.15) is 0 Å². The highest BCUT2D eigenvalue weighted by Crippen LogP contribution is 2.24. The first-order valence-electron chi connectivity index (χ1n) is 7.38. The SMILES string of the molecule is Cc1nc([C@@H](CN)NC(=O)c2cc3cc(Cl)ccc3[nH]2)sc1CO. The van der Waals surface area contributed by atoms with E-state index in [4.69, 9.17) is 17.3 Å². The molecule has 0 aliphatic rings. The Labute approximate surface area is 147 Å². The van der Waals surface area contributed by atoms with Crippen molar-refractivity contribution in [3.05, 3.63) is 50.6 Å². The van der Waals surface area contributed by atoms with E-state index in [1.54, 1.807) is 18.2 Å². The number of fused-ring (bicyclic) bond motifs is 1. The molecule has 5 N–H and O–H groups in total. The highest BCUT2D eigenvalue weighted by molar-refractivity contribution is 7.11. The first kappa shape index (κ1) is 16.9. The smallest absolute Gasteiger partial charge is 0.268 e. The highest BCUT2D eigenvalue weighted by atomic mass is 35.5. The van der Waals surface area contributed by atoms with Crippen molar-refractivity contribution in [1.29, 1.82) is 0 Å². The van der Waals surface area contributed by atoms with Crippen molar-refractivity contribution in [1.82, 2.24) is 15.3 Å². The first-order chi connectivity index (χ1) is 11.5. The van der Waals surface area contributed by atoms with E-state index in [0.717, 1.165) is 21.5 Å². The van der Waals surface area contributed by atoms with Crippen molar-refractivity contribution in [2.75, 3.05) is 6.54 Å². The molecule has 0 aliphatic carbocycles. The van der Waals surface area contributed by atoms with E-state index in [9.17, 15) is 9.90 Å². The van der Waals surface area contributed by atoms with Gasteiger partial charge in [0.15, 0.2) is 0 Å². The first-order valence-corrected chi connectivity index (χ1v) is 8.57. The average Bonchev–Trinajstić information content (AvgIpc) is 3.15. The molecule has 8 heteroatoms. The van der Waals surface area contributed by atoms with Gasteiger partial charge in [-0.05, 0) is 31.2 Å². The number of aromatic nitrogens is 2. The van der Waals surface area contributed by atoms with E-state index < -0.39 is 6.04 Å². The minimum atomic E-state index is -0.406. The minimum Gasteiger partial charge on any atom is -0.391 e. The lowest BCUT2D eigenvalue weighted by molar-refractivity contribution is 0.0933. The molecule has 0 unspecified atom stereocenters. The number of aliphatic hydroxyl groups is 1. The van der Waals surface area contributed by atoms with Gasteiger partial charge in [-0.3, -0.25) is 4.79 Å². The standard InChI is InChI=1S/C16H17ClN4O2S/c1-8-14(7-22)24-16(19-8)13(6-18)21-15(23)12-5-9-4-10(17)2-3-11(9)20-12/h2-5,13,20,22H,6-7,18H2,1H3,(H,21,23)/t13-/m1/s1. The predicted molar refractivity (Wildman–Crippen MR) is 95.3 cm³/mol. The summed E-state index contributed by atoms with van der Waals surface area (Å²) in [5, 5.41) is 14.3. The zero-order valence-corrected chi connectivity index (χ0v) is 14.5. The third-order valence-corrected chi connectivity index (χ3v) is 5.21. The van der Waals surface area contributed by atoms with Gasteiger partial charge in [0.05, 0.1) is 23.2 Å². The third-order valence-electron chi connectivity index (χ3n) is 3.72. The number of nitrogens with zero attached hydrogens (tertiary/aromatic N) is 1. The van der Waals surface area contributed by atoms with Gasteiger partial charge in [-0.15, -0.1) is 11.3 Å². The second-order valence-corrected chi connectivity index (χ2v) is 6.95. The van der Waals surface area contributed by atoms with Crippen LogP contribution in [0.25, 0.3) is 10.9 Å². The molecule has 3 rings (SSSR count). The molecule has 0 saturated carbocycles. The maximum atomic E-state index is 12.5. The van der Waals surface area contributed by atoms with E-state index in [2.05, 4.69) is 15.3 Å². The van der Waals surface area contributed by atoms with Gasteiger partial charge in [-0.1, -0.05) is 11.6 Å². The fourth-order valence-electron chi connectivity index (χ4n) is 2.43. The Bertz CT molecular complexity index is 889. The van der Waals surface area contributed by atoms with Crippen LogP contribution in [-0.4, -0.2) is 27.5 Å². The molecule has 0 aliphatic heterocycles. The Morgan fingerprint density at radius 1 is 1.50 bits per heavy atom. The molecular weight excluding hydrogens is 348 g/mol. The van der Waals surface area contributed by atoms with Crippen LogP contribution in [0.1, 0.15) is 32.1 Å². The van der Waals surface area contributed by atoms with Gasteiger partial charge in [0.25, 0.3) is 5.91 Å². The maximum Gasteiger partial charge on any atom is 0.268 e. The molecule has 24 heavy (non-hydrogen) atoms. The molecule has 126 valence electrons. The van der Waals surface area contributed by atoms with Gasteiger partial charge in [0.1, 0.15) is 10.7 Å². The fraction of sp³-hybridized carbons (Fsp3) is 0.250. The summed E-state index contributed by atoms with van der Waals surface area (Å²) >= 11 is 7.32. The Morgan fingerprint density at radius 3 is 2.96 bits per heavy atom. The molecule has 0 fully saturated rings. The number of rotatable bonds is 5. The van der Waals surface area contributed by atoms with Gasteiger partial charge in [-0.25, -0.2) is 4.98 Å². The van der Waals surface area contributed by atoms with Crippen LogP contribution in [0.2, 0.25) is 5.02 Å². The number of carbonyl (C=O) groups is 1. The molecule has 6 nitrogen and oxygen atoms in total. The number of nitrogens with two attached hydrogens (primary N) is 1. The van der Waals surface area contributed by atoms with Crippen LogP contribution in [0.4, 0.5) is 0 Å². The zero-order chi connectivity index (χ0) is 17.3. The van der Waals surface area contributed by atoms with Crippen molar-refractivity contribution in [2.24, 2.45) is 5.73 Å². The Balaban J connectivity index is 1.82. The van der Waals surface area contributed by atoms with E-state index in [-0.39, 0.29) is 19.1 Å². The Kier molecular flexibility index (Phi) is 4.86. The van der Waals surface area contributed by atoms with Gasteiger partial charge in [0.2, 0.25) is 0 Å². The number of thiazole rings is 1. The van der Waals surface area contributed by atoms with E-state index in [0.29, 0.717) is 15.7 Å². The van der Waals surface area contributed by atoms with Crippen molar-refractivity contribution in [3.63, 3.8) is 0 Å². The quantitative estimate of drug-likeness (QED) is 0.558. The number of hydrogen-bond acceptors (Lipinski definition) is 5. The number of amides is 1. The van der Waals surface area contributed by atoms with E-state index in [1.165, 1.54) is 11.3 Å². The van der Waals surface area contributed by atoms with Crippen molar-refractivity contribution >= 4 is 39.7 Å². The molecule has 0 bridgehead atoms. The summed E-state index contributed by atoms with van der Waals surface area (Å²) < 4.78 is 0. The molecule has 0 radical (unpaired) electrons. The van der Waals surface area contributed by atoms with Crippen LogP contribution < -0.4 is 11.1 Å². The maximum absolute atomic E-state index is 12.5. The van der Waals surface area contributed by atoms with Crippen LogP contribution in [0.15, 0.2) is 24.3 Å². The van der Waals surface area contributed by atoms with Crippen LogP contribution in [0.3, 0.4) is 0 Å². The third kappa shape index (κ3) is 3.29. The highest BCUT2D eigenvalue weighted by Gasteiger charge is 2.20. The summed E-state index contributed by atoms with van der Waals surface area (Å²) in [5.74, 6) is -0.267. The Morgan fingerprint density at radius 2 is 2.29 bits per heavy atom. The van der Waals surface area contributed by atoms with Gasteiger partial charge < -0.3 is 21.1 Å². The van der Waals surface area contributed by atoms with Crippen molar-refractivity contribution < 1.29 is 9.90 Å². The molecule has 1 amide bonds. The van der Waals surface area contributed by atoms with Crippen LogP contribution in [0, 0.1) is 6.92 Å². The summed E-state index contributed by atoms with van der Waals surface area (Å²) in [6, 6.07) is 6.72. The van der Waals surface area contributed by atoms with Crippen LogP contribution >= 0.6 is 22.9 Å². The second-order valence-electron chi connectivity index (χ2n) is 5.40. The summed E-state index contributed by atoms with van der Waals surface area (Å²) in [6.07, 6.45) is 0. The molecule has 1 aromatic carbocycles. The molecule has 2 heterocycles. The lowest BCUT2D eigenvalue weighted by atomic mass is 10.2. The number of benzene rings is 1. The zero-order valence-electron chi connectivity index (χ0n) is 13.0. The number of nitrogens with one attached hydrogen (secondary N) is 2. The summed E-state index contributed by atoms with van der Waals surface area (Å²) in [6.45, 7) is 1.97. The summed E-state index contributed by atoms with van der Waals surface area (Å²) in [5.41, 5.74) is 7.81. The summed E-state index contributed by atoms with van der Waals surface area (Å²) in [7, 11) is 0. The minimum absolute atomic E-state index is 0.0719. The molecular formula is C16H17ClN4O2S. The normalized spacial score (nSPS) is 12.5. The number of hydrogen-bond donors (Lipinski definition) is 4. The second kappa shape index (κ2) is 6.90. The number of H-pyrrole nitrogens is 1. The van der Waals surface area contributed by atoms with Crippen LogP contribution in [-0.2, 0) is 6.61 Å². The monoisotopic (exact) mass is 364 g/mol. The lowest BCUT2D eigenvalue weighted by Crippen LogP contribution is -2.33. The van der Waals surface area contributed by atoms with Crippen molar-refractivity contribution in [3.8, 4) is 0 Å². The number of aromatic amines is 1. The number of aliphatic hydroxyl groups excluding tert-OH is 1. The molecule has 0 saturated heterocycles. The summed E-state index contributed by atoms with van der Waals surface area (Å²) in [4.78, 5) is 20.7.